The standard InChI is InChI=1S/C20H24ClNO3/c1-12(17(23)24)22-18(25)20-9-13-6-14(10-20)8-19(7-13,11-20)15-2-4-16(21)5-3-15/h2-5,12-14H,6-11H2,1H3,(H,22,25)(H,23,24). The van der Waals surface area contributed by atoms with Crippen LogP contribution in [0.15, 0.2) is 24.3 Å². The molecule has 5 heteroatoms. The van der Waals surface area contributed by atoms with Gasteiger partial charge < -0.3 is 10.4 Å². The van der Waals surface area contributed by atoms with Crippen LogP contribution in [0.25, 0.3) is 0 Å². The molecule has 0 saturated heterocycles. The molecule has 2 N–H and O–H groups in total. The molecule has 1 amide bonds. The van der Waals surface area contributed by atoms with E-state index in [1.54, 1.807) is 0 Å². The number of rotatable bonds is 4. The minimum absolute atomic E-state index is 0.0402. The number of aliphatic carboxylic acids is 1. The molecule has 4 aliphatic rings. The lowest BCUT2D eigenvalue weighted by Crippen LogP contribution is -2.60. The SMILES string of the molecule is CC(NC(=O)C12CC3CC(C1)CC(c1ccc(Cl)cc1)(C3)C2)C(=O)O. The minimum Gasteiger partial charge on any atom is -0.480 e. The van der Waals surface area contributed by atoms with Gasteiger partial charge in [-0.25, -0.2) is 0 Å². The molecule has 0 aliphatic heterocycles. The molecule has 3 unspecified atom stereocenters. The lowest BCUT2D eigenvalue weighted by atomic mass is 9.42. The van der Waals surface area contributed by atoms with Crippen LogP contribution in [0.2, 0.25) is 5.02 Å². The summed E-state index contributed by atoms with van der Waals surface area (Å²) in [5.41, 5.74) is 0.917. The fraction of sp³-hybridized carbons (Fsp3) is 0.600. The van der Waals surface area contributed by atoms with E-state index in [-0.39, 0.29) is 11.3 Å². The predicted octanol–water partition coefficient (Wildman–Crippen LogP) is 3.77. The summed E-state index contributed by atoms with van der Waals surface area (Å²) in [7, 11) is 0. The molecular formula is C20H24ClNO3. The number of carbonyl (C=O) groups excluding carboxylic acids is 1. The average Bonchev–Trinajstić information content (AvgIpc) is 2.53. The lowest BCUT2D eigenvalue weighted by Gasteiger charge is -2.61. The van der Waals surface area contributed by atoms with Gasteiger partial charge >= 0.3 is 5.97 Å². The molecule has 0 radical (unpaired) electrons. The molecule has 1 aromatic rings. The Morgan fingerprint density at radius 2 is 1.76 bits per heavy atom. The average molecular weight is 362 g/mol. The van der Waals surface area contributed by atoms with E-state index in [1.807, 2.05) is 12.1 Å². The van der Waals surface area contributed by atoms with Gasteiger partial charge in [0, 0.05) is 5.02 Å². The van der Waals surface area contributed by atoms with E-state index in [9.17, 15) is 9.59 Å². The highest BCUT2D eigenvalue weighted by atomic mass is 35.5. The fourth-order valence-electron chi connectivity index (χ4n) is 6.08. The third-order valence-electron chi connectivity index (χ3n) is 6.72. The first kappa shape index (κ1) is 16.9. The second-order valence-corrected chi connectivity index (χ2v) is 9.00. The van der Waals surface area contributed by atoms with Crippen molar-refractivity contribution >= 4 is 23.5 Å². The zero-order chi connectivity index (χ0) is 17.8. The van der Waals surface area contributed by atoms with Gasteiger partial charge in [-0.2, -0.15) is 0 Å². The highest BCUT2D eigenvalue weighted by Gasteiger charge is 2.61. The normalized spacial score (nSPS) is 36.9. The summed E-state index contributed by atoms with van der Waals surface area (Å²) in [5.74, 6) is 0.0750. The first-order valence-corrected chi connectivity index (χ1v) is 9.50. The molecule has 3 atom stereocenters. The molecule has 5 rings (SSSR count). The molecule has 0 heterocycles. The Morgan fingerprint density at radius 3 is 2.32 bits per heavy atom. The largest absolute Gasteiger partial charge is 0.480 e. The van der Waals surface area contributed by atoms with Crippen molar-refractivity contribution in [3.63, 3.8) is 0 Å². The smallest absolute Gasteiger partial charge is 0.325 e. The summed E-state index contributed by atoms with van der Waals surface area (Å²) in [5, 5.41) is 12.6. The molecule has 134 valence electrons. The van der Waals surface area contributed by atoms with Crippen LogP contribution in [0.4, 0.5) is 0 Å². The number of hydrogen-bond acceptors (Lipinski definition) is 2. The van der Waals surface area contributed by atoms with E-state index in [2.05, 4.69) is 17.4 Å². The van der Waals surface area contributed by atoms with Gasteiger partial charge in [0.1, 0.15) is 6.04 Å². The van der Waals surface area contributed by atoms with Crippen molar-refractivity contribution < 1.29 is 14.7 Å². The van der Waals surface area contributed by atoms with Gasteiger partial charge in [0.15, 0.2) is 0 Å². The maximum Gasteiger partial charge on any atom is 0.325 e. The monoisotopic (exact) mass is 361 g/mol. The summed E-state index contributed by atoms with van der Waals surface area (Å²) in [4.78, 5) is 24.2. The Morgan fingerprint density at radius 1 is 1.16 bits per heavy atom. The van der Waals surface area contributed by atoms with E-state index in [1.165, 1.54) is 18.9 Å². The molecule has 0 aromatic heterocycles. The Hall–Kier alpha value is -1.55. The van der Waals surface area contributed by atoms with E-state index >= 15 is 0 Å². The van der Waals surface area contributed by atoms with Gasteiger partial charge in [-0.3, -0.25) is 9.59 Å². The first-order valence-electron chi connectivity index (χ1n) is 9.12. The molecule has 4 fully saturated rings. The van der Waals surface area contributed by atoms with Crippen molar-refractivity contribution in [2.75, 3.05) is 0 Å². The fourth-order valence-corrected chi connectivity index (χ4v) is 6.21. The zero-order valence-electron chi connectivity index (χ0n) is 14.4. The van der Waals surface area contributed by atoms with Crippen molar-refractivity contribution in [3.05, 3.63) is 34.9 Å². The summed E-state index contributed by atoms with van der Waals surface area (Å²) < 4.78 is 0. The van der Waals surface area contributed by atoms with Gasteiger partial charge in [0.2, 0.25) is 5.91 Å². The summed E-state index contributed by atoms with van der Waals surface area (Å²) in [6, 6.07) is 7.26. The van der Waals surface area contributed by atoms with Crippen LogP contribution in [-0.4, -0.2) is 23.0 Å². The van der Waals surface area contributed by atoms with Crippen LogP contribution >= 0.6 is 11.6 Å². The van der Waals surface area contributed by atoms with E-state index in [0.29, 0.717) is 11.8 Å². The third-order valence-corrected chi connectivity index (χ3v) is 6.97. The summed E-state index contributed by atoms with van der Waals surface area (Å²) in [6.07, 6.45) is 6.10. The van der Waals surface area contributed by atoms with Crippen molar-refractivity contribution in [1.82, 2.24) is 5.32 Å². The highest BCUT2D eigenvalue weighted by Crippen LogP contribution is 2.65. The Labute approximate surface area is 152 Å². The third kappa shape index (κ3) is 2.75. The zero-order valence-corrected chi connectivity index (χ0v) is 15.2. The second-order valence-electron chi connectivity index (χ2n) is 8.56. The van der Waals surface area contributed by atoms with Crippen LogP contribution in [0, 0.1) is 17.3 Å². The van der Waals surface area contributed by atoms with Crippen molar-refractivity contribution in [1.29, 1.82) is 0 Å². The number of carbonyl (C=O) groups is 2. The number of benzene rings is 1. The Balaban J connectivity index is 1.66. The lowest BCUT2D eigenvalue weighted by molar-refractivity contribution is -0.153. The maximum atomic E-state index is 13.0. The number of amides is 1. The molecule has 4 aliphatic carbocycles. The van der Waals surface area contributed by atoms with Crippen LogP contribution in [-0.2, 0) is 15.0 Å². The molecule has 25 heavy (non-hydrogen) atoms. The van der Waals surface area contributed by atoms with Crippen LogP contribution in [0.1, 0.15) is 51.0 Å². The van der Waals surface area contributed by atoms with Crippen LogP contribution in [0.3, 0.4) is 0 Å². The van der Waals surface area contributed by atoms with Gasteiger partial charge in [0.25, 0.3) is 0 Å². The number of nitrogens with one attached hydrogen (secondary N) is 1. The maximum absolute atomic E-state index is 13.0. The van der Waals surface area contributed by atoms with E-state index < -0.39 is 17.4 Å². The predicted molar refractivity (Wildman–Crippen MR) is 95.5 cm³/mol. The first-order chi connectivity index (χ1) is 11.8. The van der Waals surface area contributed by atoms with Crippen molar-refractivity contribution in [2.24, 2.45) is 17.3 Å². The molecule has 4 saturated carbocycles. The summed E-state index contributed by atoms with van der Waals surface area (Å²) in [6.45, 7) is 1.54. The number of carboxylic acids is 1. The Bertz CT molecular complexity index is 700. The highest BCUT2D eigenvalue weighted by molar-refractivity contribution is 6.30. The van der Waals surface area contributed by atoms with Crippen molar-refractivity contribution in [3.8, 4) is 0 Å². The van der Waals surface area contributed by atoms with Crippen molar-refractivity contribution in [2.45, 2.75) is 56.9 Å². The quantitative estimate of drug-likeness (QED) is 0.857. The molecule has 1 aromatic carbocycles. The van der Waals surface area contributed by atoms with Crippen LogP contribution < -0.4 is 5.32 Å². The molecule has 4 nitrogen and oxygen atoms in total. The Kier molecular flexibility index (Phi) is 3.87. The van der Waals surface area contributed by atoms with Gasteiger partial charge in [-0.05, 0) is 80.4 Å². The second kappa shape index (κ2) is 5.73. The van der Waals surface area contributed by atoms with Gasteiger partial charge in [0.05, 0.1) is 5.41 Å². The molecule has 4 bridgehead atoms. The minimum atomic E-state index is -0.981. The topological polar surface area (TPSA) is 66.4 Å². The van der Waals surface area contributed by atoms with E-state index in [4.69, 9.17) is 16.7 Å². The molecule has 0 spiro atoms. The van der Waals surface area contributed by atoms with E-state index in [0.717, 1.165) is 37.1 Å². The van der Waals surface area contributed by atoms with Gasteiger partial charge in [-0.1, -0.05) is 23.7 Å². The molecular weight excluding hydrogens is 338 g/mol. The van der Waals surface area contributed by atoms with Gasteiger partial charge in [-0.15, -0.1) is 0 Å². The number of halogens is 1. The van der Waals surface area contributed by atoms with Crippen LogP contribution in [0.5, 0.6) is 0 Å². The summed E-state index contributed by atoms with van der Waals surface area (Å²) >= 11 is 6.06. The number of carboxylic acid groups (broad SMARTS) is 1. The number of hydrogen-bond donors (Lipinski definition) is 2.